The van der Waals surface area contributed by atoms with E-state index < -0.39 is 0 Å². The van der Waals surface area contributed by atoms with E-state index in [-0.39, 0.29) is 11.3 Å². The Labute approximate surface area is 145 Å². The normalized spacial score (nSPS) is 32.3. The molecule has 3 heteroatoms. The predicted molar refractivity (Wildman–Crippen MR) is 97.4 cm³/mol. The summed E-state index contributed by atoms with van der Waals surface area (Å²) < 4.78 is 0. The van der Waals surface area contributed by atoms with Gasteiger partial charge in [0.15, 0.2) is 0 Å². The second kappa shape index (κ2) is 5.87. The van der Waals surface area contributed by atoms with Gasteiger partial charge in [-0.25, -0.2) is 0 Å². The molecule has 24 heavy (non-hydrogen) atoms. The zero-order chi connectivity index (χ0) is 16.9. The van der Waals surface area contributed by atoms with Crippen LogP contribution in [0.15, 0.2) is 18.2 Å². The first kappa shape index (κ1) is 16.1. The van der Waals surface area contributed by atoms with E-state index >= 15 is 0 Å². The third-order valence-electron chi connectivity index (χ3n) is 7.15. The van der Waals surface area contributed by atoms with E-state index in [1.54, 1.807) is 7.05 Å². The molecule has 1 aromatic carbocycles. The van der Waals surface area contributed by atoms with Crippen LogP contribution >= 0.6 is 0 Å². The first-order chi connectivity index (χ1) is 11.6. The highest BCUT2D eigenvalue weighted by atomic mass is 16.1. The van der Waals surface area contributed by atoms with E-state index in [9.17, 15) is 4.79 Å². The highest BCUT2D eigenvalue weighted by Crippen LogP contribution is 2.51. The smallest absolute Gasteiger partial charge is 0.251 e. The van der Waals surface area contributed by atoms with E-state index in [1.165, 1.54) is 49.9 Å². The number of carbonyl (C=O) groups excluding carboxylic acids is 1. The van der Waals surface area contributed by atoms with Crippen molar-refractivity contribution in [3.05, 3.63) is 34.9 Å². The fourth-order valence-electron chi connectivity index (χ4n) is 5.38. The zero-order valence-corrected chi connectivity index (χ0v) is 15.3. The summed E-state index contributed by atoms with van der Waals surface area (Å²) in [5.41, 5.74) is 4.01. The van der Waals surface area contributed by atoms with Crippen LogP contribution in [0.4, 0.5) is 0 Å². The topological polar surface area (TPSA) is 32.3 Å². The van der Waals surface area contributed by atoms with Crippen LogP contribution in [0.25, 0.3) is 0 Å². The van der Waals surface area contributed by atoms with Gasteiger partial charge in [-0.1, -0.05) is 19.9 Å². The van der Waals surface area contributed by atoms with Gasteiger partial charge < -0.3 is 5.32 Å². The fraction of sp³-hybridized carbons (Fsp3) is 0.667. The Kier molecular flexibility index (Phi) is 3.95. The Morgan fingerprint density at radius 3 is 2.83 bits per heavy atom. The molecular formula is C21H30N2O. The van der Waals surface area contributed by atoms with Gasteiger partial charge in [0.05, 0.1) is 0 Å². The van der Waals surface area contributed by atoms with Crippen LogP contribution in [0.2, 0.25) is 0 Å². The molecule has 3 nitrogen and oxygen atoms in total. The zero-order valence-electron chi connectivity index (χ0n) is 15.3. The number of hydrogen-bond donors (Lipinski definition) is 1. The molecule has 3 atom stereocenters. The van der Waals surface area contributed by atoms with Gasteiger partial charge in [0.25, 0.3) is 5.91 Å². The van der Waals surface area contributed by atoms with Crippen LogP contribution < -0.4 is 5.32 Å². The van der Waals surface area contributed by atoms with Crippen molar-refractivity contribution in [2.24, 2.45) is 11.8 Å². The number of rotatable bonds is 4. The van der Waals surface area contributed by atoms with Crippen molar-refractivity contribution in [3.8, 4) is 0 Å². The molecule has 4 rings (SSSR count). The van der Waals surface area contributed by atoms with Crippen molar-refractivity contribution in [2.45, 2.75) is 57.4 Å². The summed E-state index contributed by atoms with van der Waals surface area (Å²) >= 11 is 0. The van der Waals surface area contributed by atoms with Gasteiger partial charge in [0.1, 0.15) is 0 Å². The monoisotopic (exact) mass is 326 g/mol. The lowest BCUT2D eigenvalue weighted by atomic mass is 9.56. The molecule has 1 N–H and O–H groups in total. The average Bonchev–Trinajstić information content (AvgIpc) is 3.41. The maximum Gasteiger partial charge on any atom is 0.251 e. The van der Waals surface area contributed by atoms with Gasteiger partial charge in [-0.3, -0.25) is 9.69 Å². The second-order valence-corrected chi connectivity index (χ2v) is 8.21. The Morgan fingerprint density at radius 1 is 1.38 bits per heavy atom. The quantitative estimate of drug-likeness (QED) is 0.920. The van der Waals surface area contributed by atoms with Gasteiger partial charge >= 0.3 is 0 Å². The van der Waals surface area contributed by atoms with Crippen molar-refractivity contribution >= 4 is 5.91 Å². The average molecular weight is 326 g/mol. The fourth-order valence-corrected chi connectivity index (χ4v) is 5.38. The lowest BCUT2D eigenvalue weighted by molar-refractivity contribution is 0.0180. The van der Waals surface area contributed by atoms with Gasteiger partial charge in [-0.05, 0) is 73.7 Å². The molecule has 1 heterocycles. The molecule has 2 fully saturated rings. The van der Waals surface area contributed by atoms with E-state index in [1.807, 2.05) is 6.07 Å². The summed E-state index contributed by atoms with van der Waals surface area (Å²) in [7, 11) is 1.71. The molecule has 1 aliphatic heterocycles. The molecule has 3 unspecified atom stereocenters. The lowest BCUT2D eigenvalue weighted by Gasteiger charge is -2.56. The number of carbonyl (C=O) groups is 1. The molecule has 0 radical (unpaired) electrons. The molecular weight excluding hydrogens is 296 g/mol. The molecule has 1 saturated carbocycles. The molecule has 2 bridgehead atoms. The predicted octanol–water partition coefficient (Wildman–Crippen LogP) is 3.37. The van der Waals surface area contributed by atoms with E-state index in [0.717, 1.165) is 17.9 Å². The SMILES string of the molecule is CCC12CCN(CC3CC3)C(Cc3ccc(C(=O)NC)cc31)C2C. The number of amides is 1. The highest BCUT2D eigenvalue weighted by molar-refractivity contribution is 5.94. The summed E-state index contributed by atoms with van der Waals surface area (Å²) in [6.07, 6.45) is 6.43. The summed E-state index contributed by atoms with van der Waals surface area (Å²) in [6, 6.07) is 7.11. The maximum atomic E-state index is 12.1. The van der Waals surface area contributed by atoms with E-state index in [4.69, 9.17) is 0 Å². The van der Waals surface area contributed by atoms with E-state index in [2.05, 4.69) is 36.2 Å². The minimum atomic E-state index is 0.0324. The second-order valence-electron chi connectivity index (χ2n) is 8.21. The van der Waals surface area contributed by atoms with Crippen LogP contribution in [0, 0.1) is 11.8 Å². The lowest BCUT2D eigenvalue weighted by Crippen LogP contribution is -2.59. The Balaban J connectivity index is 1.73. The van der Waals surface area contributed by atoms with E-state index in [0.29, 0.717) is 12.0 Å². The van der Waals surface area contributed by atoms with Crippen LogP contribution in [0.5, 0.6) is 0 Å². The van der Waals surface area contributed by atoms with Crippen LogP contribution in [-0.2, 0) is 11.8 Å². The maximum absolute atomic E-state index is 12.1. The molecule has 3 aliphatic rings. The van der Waals surface area contributed by atoms with Crippen molar-refractivity contribution in [3.63, 3.8) is 0 Å². The summed E-state index contributed by atoms with van der Waals surface area (Å²) in [5.74, 6) is 1.66. The van der Waals surface area contributed by atoms with Gasteiger partial charge in [0, 0.05) is 30.6 Å². The third-order valence-corrected chi connectivity index (χ3v) is 7.15. The number of nitrogens with zero attached hydrogens (tertiary/aromatic N) is 1. The first-order valence-corrected chi connectivity index (χ1v) is 9.68. The van der Waals surface area contributed by atoms with Crippen LogP contribution in [0.3, 0.4) is 0 Å². The largest absolute Gasteiger partial charge is 0.355 e. The van der Waals surface area contributed by atoms with Crippen molar-refractivity contribution in [2.75, 3.05) is 20.1 Å². The number of hydrogen-bond acceptors (Lipinski definition) is 2. The Bertz CT molecular complexity index is 651. The van der Waals surface area contributed by atoms with Gasteiger partial charge in [0.2, 0.25) is 0 Å². The number of likely N-dealkylation sites (tertiary alicyclic amines) is 1. The Morgan fingerprint density at radius 2 is 2.17 bits per heavy atom. The molecule has 130 valence electrons. The van der Waals surface area contributed by atoms with Gasteiger partial charge in [-0.2, -0.15) is 0 Å². The van der Waals surface area contributed by atoms with Crippen molar-refractivity contribution in [1.29, 1.82) is 0 Å². The van der Waals surface area contributed by atoms with Crippen molar-refractivity contribution < 1.29 is 4.79 Å². The summed E-state index contributed by atoms with van der Waals surface area (Å²) in [6.45, 7) is 7.33. The minimum absolute atomic E-state index is 0.0324. The van der Waals surface area contributed by atoms with Crippen molar-refractivity contribution in [1.82, 2.24) is 10.2 Å². The highest BCUT2D eigenvalue weighted by Gasteiger charge is 2.50. The number of nitrogens with one attached hydrogen (secondary N) is 1. The molecule has 0 spiro atoms. The Hall–Kier alpha value is -1.35. The van der Waals surface area contributed by atoms with Gasteiger partial charge in [-0.15, -0.1) is 0 Å². The number of piperidine rings is 1. The third kappa shape index (κ3) is 2.40. The summed E-state index contributed by atoms with van der Waals surface area (Å²) in [5, 5.41) is 2.77. The van der Waals surface area contributed by atoms with Crippen LogP contribution in [-0.4, -0.2) is 37.0 Å². The molecule has 1 saturated heterocycles. The molecule has 1 amide bonds. The summed E-state index contributed by atoms with van der Waals surface area (Å²) in [4.78, 5) is 14.9. The standard InChI is InChI=1S/C21H30N2O/c1-4-21-9-10-23(13-15-5-6-15)19(14(21)2)12-16-7-8-17(11-18(16)21)20(24)22-3/h7-8,11,14-15,19H,4-6,9-10,12-13H2,1-3H3,(H,22,24). The minimum Gasteiger partial charge on any atom is -0.355 e. The number of benzene rings is 1. The van der Waals surface area contributed by atoms with Crippen LogP contribution in [0.1, 0.15) is 61.0 Å². The molecule has 1 aromatic rings. The molecule has 2 aliphatic carbocycles. The number of fused-ring (bicyclic) bond motifs is 4. The molecule has 0 aromatic heterocycles. The first-order valence-electron chi connectivity index (χ1n) is 9.68.